The molecule has 0 radical (unpaired) electrons. The first-order valence-electron chi connectivity index (χ1n) is 4.73. The maximum Gasteiger partial charge on any atom is 0.169 e. The summed E-state index contributed by atoms with van der Waals surface area (Å²) in [5.74, 6) is 1.37. The number of rotatable bonds is 1. The van der Waals surface area contributed by atoms with Gasteiger partial charge in [-0.25, -0.2) is 4.98 Å². The standard InChI is InChI=1S/C11H8BrN3O/c12-9-5-4-8(16-9)7-6-15-10(13)2-1-3-11(15)14-7/h1-6H,13H2. The molecule has 80 valence electrons. The smallest absolute Gasteiger partial charge is 0.169 e. The van der Waals surface area contributed by atoms with Crippen LogP contribution in [0.5, 0.6) is 0 Å². The third-order valence-corrected chi connectivity index (χ3v) is 2.78. The molecule has 16 heavy (non-hydrogen) atoms. The maximum atomic E-state index is 5.84. The summed E-state index contributed by atoms with van der Waals surface area (Å²) >= 11 is 3.26. The van der Waals surface area contributed by atoms with E-state index in [0.717, 1.165) is 17.1 Å². The Balaban J connectivity index is 2.22. The molecule has 0 aromatic carbocycles. The van der Waals surface area contributed by atoms with Crippen molar-refractivity contribution >= 4 is 27.4 Å². The minimum atomic E-state index is 0.655. The Morgan fingerprint density at radius 3 is 2.81 bits per heavy atom. The van der Waals surface area contributed by atoms with Gasteiger partial charge in [0.1, 0.15) is 17.2 Å². The van der Waals surface area contributed by atoms with Gasteiger partial charge in [-0.2, -0.15) is 0 Å². The van der Waals surface area contributed by atoms with Gasteiger partial charge in [0.2, 0.25) is 0 Å². The Labute approximate surface area is 99.8 Å². The van der Waals surface area contributed by atoms with Gasteiger partial charge in [-0.1, -0.05) is 6.07 Å². The Bertz CT molecular complexity index is 656. The van der Waals surface area contributed by atoms with Crippen LogP contribution in [0, 0.1) is 0 Å². The fraction of sp³-hybridized carbons (Fsp3) is 0. The van der Waals surface area contributed by atoms with Gasteiger partial charge < -0.3 is 10.2 Å². The quantitative estimate of drug-likeness (QED) is 0.744. The summed E-state index contributed by atoms with van der Waals surface area (Å²) in [6.45, 7) is 0. The van der Waals surface area contributed by atoms with Crippen molar-refractivity contribution in [3.8, 4) is 11.5 Å². The summed E-state index contributed by atoms with van der Waals surface area (Å²) in [5.41, 5.74) is 7.41. The largest absolute Gasteiger partial charge is 0.448 e. The minimum absolute atomic E-state index is 0.655. The second kappa shape index (κ2) is 3.38. The molecule has 0 atom stereocenters. The van der Waals surface area contributed by atoms with E-state index in [1.54, 1.807) is 0 Å². The van der Waals surface area contributed by atoms with Crippen molar-refractivity contribution in [1.29, 1.82) is 0 Å². The van der Waals surface area contributed by atoms with Crippen LogP contribution in [0.15, 0.2) is 45.6 Å². The van der Waals surface area contributed by atoms with Crippen LogP contribution in [0.2, 0.25) is 0 Å². The molecule has 2 N–H and O–H groups in total. The van der Waals surface area contributed by atoms with Crippen LogP contribution in [0.25, 0.3) is 17.1 Å². The second-order valence-electron chi connectivity index (χ2n) is 3.41. The van der Waals surface area contributed by atoms with Crippen LogP contribution < -0.4 is 5.73 Å². The van der Waals surface area contributed by atoms with Crippen LogP contribution in [-0.4, -0.2) is 9.38 Å². The highest BCUT2D eigenvalue weighted by Gasteiger charge is 2.08. The van der Waals surface area contributed by atoms with E-state index in [4.69, 9.17) is 10.2 Å². The van der Waals surface area contributed by atoms with Crippen molar-refractivity contribution in [2.24, 2.45) is 0 Å². The van der Waals surface area contributed by atoms with Gasteiger partial charge in [-0.3, -0.25) is 4.40 Å². The number of anilines is 1. The summed E-state index contributed by atoms with van der Waals surface area (Å²) < 4.78 is 7.95. The number of hydrogen-bond donors (Lipinski definition) is 1. The number of furan rings is 1. The van der Waals surface area contributed by atoms with Gasteiger partial charge in [0.05, 0.1) is 0 Å². The molecule has 0 amide bonds. The van der Waals surface area contributed by atoms with Crippen LogP contribution in [-0.2, 0) is 0 Å². The summed E-state index contributed by atoms with van der Waals surface area (Å²) in [4.78, 5) is 4.43. The number of aromatic nitrogens is 2. The average Bonchev–Trinajstić information content (AvgIpc) is 2.84. The fourth-order valence-corrected chi connectivity index (χ4v) is 1.91. The predicted octanol–water partition coefficient (Wildman–Crippen LogP) is 2.94. The molecule has 3 aromatic rings. The van der Waals surface area contributed by atoms with E-state index in [-0.39, 0.29) is 0 Å². The lowest BCUT2D eigenvalue weighted by Crippen LogP contribution is -1.93. The molecule has 4 nitrogen and oxygen atoms in total. The SMILES string of the molecule is Nc1cccc2nc(-c3ccc(Br)o3)cn12. The molecule has 0 aliphatic carbocycles. The van der Waals surface area contributed by atoms with Crippen molar-refractivity contribution in [2.75, 3.05) is 5.73 Å². The number of nitrogens with two attached hydrogens (primary N) is 1. The lowest BCUT2D eigenvalue weighted by Gasteiger charge is -1.95. The van der Waals surface area contributed by atoms with Crippen molar-refractivity contribution in [1.82, 2.24) is 9.38 Å². The third kappa shape index (κ3) is 1.40. The lowest BCUT2D eigenvalue weighted by atomic mass is 10.4. The highest BCUT2D eigenvalue weighted by molar-refractivity contribution is 9.10. The maximum absolute atomic E-state index is 5.84. The van der Waals surface area contributed by atoms with Crippen molar-refractivity contribution in [3.63, 3.8) is 0 Å². The van der Waals surface area contributed by atoms with Crippen LogP contribution in [0.4, 0.5) is 5.82 Å². The molecule has 0 saturated carbocycles. The van der Waals surface area contributed by atoms with Gasteiger partial charge >= 0.3 is 0 Å². The van der Waals surface area contributed by atoms with Gasteiger partial charge in [-0.15, -0.1) is 0 Å². The zero-order valence-electron chi connectivity index (χ0n) is 8.22. The van der Waals surface area contributed by atoms with Crippen LogP contribution in [0.3, 0.4) is 0 Å². The molecule has 0 spiro atoms. The summed E-state index contributed by atoms with van der Waals surface area (Å²) in [7, 11) is 0. The fourth-order valence-electron chi connectivity index (χ4n) is 1.60. The summed E-state index contributed by atoms with van der Waals surface area (Å²) in [6, 6.07) is 9.30. The monoisotopic (exact) mass is 277 g/mol. The third-order valence-electron chi connectivity index (χ3n) is 2.35. The molecular weight excluding hydrogens is 270 g/mol. The molecule has 0 saturated heterocycles. The molecule has 0 fully saturated rings. The second-order valence-corrected chi connectivity index (χ2v) is 4.19. The molecule has 3 rings (SSSR count). The molecule has 0 unspecified atom stereocenters. The van der Waals surface area contributed by atoms with Crippen LogP contribution in [0.1, 0.15) is 0 Å². The number of imidazole rings is 1. The Hall–Kier alpha value is -1.75. The number of nitrogen functional groups attached to an aromatic ring is 1. The first-order chi connectivity index (χ1) is 7.74. The molecule has 0 aliphatic rings. The molecule has 3 heterocycles. The predicted molar refractivity (Wildman–Crippen MR) is 65.0 cm³/mol. The van der Waals surface area contributed by atoms with E-state index in [1.165, 1.54) is 0 Å². The van der Waals surface area contributed by atoms with E-state index < -0.39 is 0 Å². The number of halogens is 1. The Morgan fingerprint density at radius 2 is 2.12 bits per heavy atom. The lowest BCUT2D eigenvalue weighted by molar-refractivity contribution is 0.554. The van der Waals surface area contributed by atoms with E-state index in [9.17, 15) is 0 Å². The normalized spacial score (nSPS) is 11.1. The number of hydrogen-bond acceptors (Lipinski definition) is 3. The minimum Gasteiger partial charge on any atom is -0.448 e. The van der Waals surface area contributed by atoms with Gasteiger partial charge in [0, 0.05) is 6.20 Å². The number of nitrogens with zero attached hydrogens (tertiary/aromatic N) is 2. The number of pyridine rings is 1. The zero-order valence-corrected chi connectivity index (χ0v) is 9.81. The van der Waals surface area contributed by atoms with E-state index in [2.05, 4.69) is 20.9 Å². The van der Waals surface area contributed by atoms with E-state index >= 15 is 0 Å². The van der Waals surface area contributed by atoms with Gasteiger partial charge in [-0.05, 0) is 40.2 Å². The van der Waals surface area contributed by atoms with E-state index in [1.807, 2.05) is 40.9 Å². The summed E-state index contributed by atoms with van der Waals surface area (Å²) in [6.07, 6.45) is 1.86. The molecule has 5 heteroatoms. The van der Waals surface area contributed by atoms with Crippen molar-refractivity contribution < 1.29 is 4.42 Å². The van der Waals surface area contributed by atoms with Gasteiger partial charge in [0.25, 0.3) is 0 Å². The Morgan fingerprint density at radius 1 is 1.25 bits per heavy atom. The molecule has 0 aliphatic heterocycles. The zero-order chi connectivity index (χ0) is 11.1. The van der Waals surface area contributed by atoms with Gasteiger partial charge in [0.15, 0.2) is 10.4 Å². The Kier molecular flexibility index (Phi) is 2.00. The van der Waals surface area contributed by atoms with E-state index in [0.29, 0.717) is 10.5 Å². The highest BCUT2D eigenvalue weighted by atomic mass is 79.9. The van der Waals surface area contributed by atoms with Crippen molar-refractivity contribution in [3.05, 3.63) is 41.2 Å². The molecule has 0 bridgehead atoms. The molecule has 3 aromatic heterocycles. The highest BCUT2D eigenvalue weighted by Crippen LogP contribution is 2.25. The molecular formula is C11H8BrN3O. The first kappa shape index (κ1) is 9.47. The summed E-state index contributed by atoms with van der Waals surface area (Å²) in [5, 5.41) is 0. The topological polar surface area (TPSA) is 56.5 Å². The average molecular weight is 278 g/mol. The number of fused-ring (bicyclic) bond motifs is 1. The first-order valence-corrected chi connectivity index (χ1v) is 5.52. The van der Waals surface area contributed by atoms with Crippen molar-refractivity contribution in [2.45, 2.75) is 0 Å². The van der Waals surface area contributed by atoms with Crippen LogP contribution >= 0.6 is 15.9 Å².